The molecule has 9 nitrogen and oxygen atoms in total. The molecule has 0 aromatic carbocycles. The Morgan fingerprint density at radius 2 is 0.600 bits per heavy atom. The molecule has 0 unspecified atom stereocenters. The van der Waals surface area contributed by atoms with Crippen molar-refractivity contribution in [3.05, 3.63) is 0 Å². The van der Waals surface area contributed by atoms with Crippen molar-refractivity contribution in [2.45, 2.75) is 0 Å². The predicted octanol–water partition coefficient (Wildman–Crippen LogP) is -5.03. The van der Waals surface area contributed by atoms with E-state index < -0.39 is 7.32 Å². The second-order valence-corrected chi connectivity index (χ2v) is 0.346. The third-order valence-corrected chi connectivity index (χ3v) is 0. The van der Waals surface area contributed by atoms with Crippen LogP contribution in [-0.4, -0.2) is 44.3 Å². The van der Waals surface area contributed by atoms with Gasteiger partial charge in [0.2, 0.25) is 0 Å². The highest BCUT2D eigenvalue weighted by Crippen LogP contribution is 1.40. The highest BCUT2D eigenvalue weighted by Gasteiger charge is 1.92. The third kappa shape index (κ3) is 3980. The van der Waals surface area contributed by atoms with E-state index in [0.29, 0.717) is 0 Å². The number of hydrogen-bond acceptors (Lipinski definition) is 5. The second-order valence-electron chi connectivity index (χ2n) is 0.346. The lowest BCUT2D eigenvalue weighted by atomic mass is 10.3. The number of hydrogen-bond donors (Lipinski definition) is 5. The van der Waals surface area contributed by atoms with Crippen LogP contribution < -0.4 is 12.3 Å². The van der Waals surface area contributed by atoms with Gasteiger partial charge in [0.05, 0.1) is 0 Å². The lowest BCUT2D eigenvalue weighted by Gasteiger charge is -1.69. The van der Waals surface area contributed by atoms with E-state index in [1.54, 1.807) is 0 Å². The van der Waals surface area contributed by atoms with Gasteiger partial charge in [0.1, 0.15) is 0 Å². The maximum absolute atomic E-state index is 7.17. The van der Waals surface area contributed by atoms with Crippen molar-refractivity contribution in [1.82, 2.24) is 12.3 Å². The molecule has 72 valence electrons. The fourth-order valence-corrected chi connectivity index (χ4v) is 0. The molecule has 0 aliphatic heterocycles. The first-order valence-corrected chi connectivity index (χ1v) is 0.775. The molecular weight excluding hydrogens is 151 g/mol. The Morgan fingerprint density at radius 1 is 0.600 bits per heavy atom. The molecule has 0 atom stereocenters. The monoisotopic (exact) mass is 168 g/mol. The van der Waals surface area contributed by atoms with Gasteiger partial charge in [0.15, 0.2) is 0 Å². The van der Waals surface area contributed by atoms with Crippen LogP contribution >= 0.6 is 0 Å². The lowest BCUT2D eigenvalue weighted by Crippen LogP contribution is -2.07. The largest absolute Gasteiger partial charge is 0.631 e. The van der Waals surface area contributed by atoms with E-state index in [9.17, 15) is 0 Å². The van der Waals surface area contributed by atoms with Crippen LogP contribution in [-0.2, 0) is 0 Å². The van der Waals surface area contributed by atoms with Gasteiger partial charge >= 0.3 is 7.32 Å². The van der Waals surface area contributed by atoms with Crippen LogP contribution in [0.3, 0.4) is 0 Å². The first-order valence-electron chi connectivity index (χ1n) is 0.775. The molecule has 0 aliphatic carbocycles. The van der Waals surface area contributed by atoms with Gasteiger partial charge in [0.25, 0.3) is 0 Å². The van der Waals surface area contributed by atoms with Crippen LogP contribution in [0.4, 0.5) is 0 Å². The van der Waals surface area contributed by atoms with Gasteiger partial charge in [-0.1, -0.05) is 0 Å². The van der Waals surface area contributed by atoms with Crippen molar-refractivity contribution in [1.29, 1.82) is 0 Å². The van der Waals surface area contributed by atoms with Gasteiger partial charge in [-0.2, -0.15) is 0 Å². The number of rotatable bonds is 0. The summed E-state index contributed by atoms with van der Waals surface area (Å²) in [5, 5.41) is 21.5. The minimum absolute atomic E-state index is 0. The summed E-state index contributed by atoms with van der Waals surface area (Å²) in [5.41, 5.74) is 0. The molecule has 0 aromatic rings. The zero-order chi connectivity index (χ0) is 3.58. The molecule has 0 heterocycles. The molecule has 0 bridgehead atoms. The van der Waals surface area contributed by atoms with E-state index >= 15 is 0 Å². The molecule has 0 rings (SSSR count). The van der Waals surface area contributed by atoms with Crippen LogP contribution in [0.25, 0.3) is 0 Å². The van der Waals surface area contributed by atoms with Gasteiger partial charge < -0.3 is 49.3 Å². The first-order chi connectivity index (χ1) is 1.73. The zero-order valence-electron chi connectivity index (χ0n) is 5.33. The van der Waals surface area contributed by atoms with Crippen LogP contribution in [0.1, 0.15) is 0 Å². The molecule has 0 aromatic heterocycles. The van der Waals surface area contributed by atoms with Gasteiger partial charge in [-0.3, -0.25) is 0 Å². The van der Waals surface area contributed by atoms with E-state index in [2.05, 4.69) is 0 Å². The fourth-order valence-electron chi connectivity index (χ4n) is 0. The second kappa shape index (κ2) is 70.6. The molecule has 0 radical (unpaired) electrons. The summed E-state index contributed by atoms with van der Waals surface area (Å²) in [5.74, 6) is 0. The molecule has 17 N–H and O–H groups in total. The standard InChI is InChI=1S/BH3O3.2H3N.4H2O/c2-1(3)4;;;;;;/h2-4H;2*1H3;4*1H2. The quantitative estimate of drug-likeness (QED) is 0.221. The van der Waals surface area contributed by atoms with Crippen molar-refractivity contribution in [2.75, 3.05) is 0 Å². The summed E-state index contributed by atoms with van der Waals surface area (Å²) in [7, 11) is -2.17. The van der Waals surface area contributed by atoms with Crippen molar-refractivity contribution in [3.63, 3.8) is 0 Å². The molecule has 10 heteroatoms. The molecule has 0 saturated heterocycles. The van der Waals surface area contributed by atoms with Crippen LogP contribution in [0.15, 0.2) is 0 Å². The zero-order valence-corrected chi connectivity index (χ0v) is 5.33. The molecular formula is H17BN2O7. The van der Waals surface area contributed by atoms with Gasteiger partial charge in [0, 0.05) is 0 Å². The van der Waals surface area contributed by atoms with Gasteiger partial charge in [-0.15, -0.1) is 0 Å². The van der Waals surface area contributed by atoms with Crippen LogP contribution in [0.2, 0.25) is 0 Å². The van der Waals surface area contributed by atoms with E-state index in [1.165, 1.54) is 0 Å². The minimum Gasteiger partial charge on any atom is -0.412 e. The van der Waals surface area contributed by atoms with Crippen LogP contribution in [0.5, 0.6) is 0 Å². The van der Waals surface area contributed by atoms with Gasteiger partial charge in [-0.25, -0.2) is 0 Å². The Hall–Kier alpha value is -0.295. The van der Waals surface area contributed by atoms with Crippen molar-refractivity contribution >= 4 is 7.32 Å². The Labute approximate surface area is 57.9 Å². The van der Waals surface area contributed by atoms with E-state index in [4.69, 9.17) is 15.1 Å². The minimum atomic E-state index is -2.17. The smallest absolute Gasteiger partial charge is 0.412 e. The Morgan fingerprint density at radius 3 is 0.600 bits per heavy atom. The van der Waals surface area contributed by atoms with Crippen LogP contribution in [0, 0.1) is 0 Å². The molecule has 0 spiro atoms. The van der Waals surface area contributed by atoms with Crippen molar-refractivity contribution < 1.29 is 37.0 Å². The maximum Gasteiger partial charge on any atom is 0.631 e. The molecule has 10 heavy (non-hydrogen) atoms. The highest BCUT2D eigenvalue weighted by molar-refractivity contribution is 6.30. The normalized spacial score (nSPS) is 2.70. The summed E-state index contributed by atoms with van der Waals surface area (Å²) in [6, 6.07) is 0. The predicted molar refractivity (Wildman–Crippen MR) is 36.9 cm³/mol. The topological polar surface area (TPSA) is 257 Å². The van der Waals surface area contributed by atoms with E-state index in [0.717, 1.165) is 0 Å². The molecule has 0 aliphatic rings. The molecule has 0 saturated carbocycles. The lowest BCUT2D eigenvalue weighted by molar-refractivity contribution is 0.278. The summed E-state index contributed by atoms with van der Waals surface area (Å²) < 4.78 is 0. The Balaban J connectivity index is -0.00000000300. The maximum atomic E-state index is 7.17. The molecule has 0 fully saturated rings. The Bertz CT molecular complexity index is 16.3. The van der Waals surface area contributed by atoms with Crippen molar-refractivity contribution in [2.24, 2.45) is 0 Å². The first kappa shape index (κ1) is 101. The van der Waals surface area contributed by atoms with E-state index in [1.807, 2.05) is 0 Å². The SMILES string of the molecule is N.N.O.O.O.O.OB(O)O. The highest BCUT2D eigenvalue weighted by atomic mass is 16.5. The third-order valence-electron chi connectivity index (χ3n) is 0. The Kier molecular flexibility index (Phi) is 710. The summed E-state index contributed by atoms with van der Waals surface area (Å²) in [6.45, 7) is 0. The van der Waals surface area contributed by atoms with E-state index in [-0.39, 0.29) is 34.2 Å². The molecule has 0 amide bonds. The van der Waals surface area contributed by atoms with Crippen molar-refractivity contribution in [3.8, 4) is 0 Å². The summed E-state index contributed by atoms with van der Waals surface area (Å²) in [6.07, 6.45) is 0. The van der Waals surface area contributed by atoms with Gasteiger partial charge in [-0.05, 0) is 0 Å². The summed E-state index contributed by atoms with van der Waals surface area (Å²) in [4.78, 5) is 0. The average Bonchev–Trinajstić information content (AvgIpc) is 0.811. The average molecular weight is 168 g/mol. The summed E-state index contributed by atoms with van der Waals surface area (Å²) >= 11 is 0. The fraction of sp³-hybridized carbons (Fsp3) is 0.